The number of nitrogens with zero attached hydrogens (tertiary/aromatic N) is 2. The third kappa shape index (κ3) is 6.06. The molecule has 0 aliphatic carbocycles. The Labute approximate surface area is 227 Å². The molecular formula is C32H43F2N3O. The van der Waals surface area contributed by atoms with E-state index >= 15 is 0 Å². The van der Waals surface area contributed by atoms with Crippen LogP contribution in [-0.4, -0.2) is 50.2 Å². The maximum atomic E-state index is 14.0. The van der Waals surface area contributed by atoms with Gasteiger partial charge in [0.15, 0.2) is 0 Å². The summed E-state index contributed by atoms with van der Waals surface area (Å²) in [5, 5.41) is 3.86. The molecule has 0 amide bonds. The highest BCUT2D eigenvalue weighted by Crippen LogP contribution is 2.37. The van der Waals surface area contributed by atoms with Gasteiger partial charge in [0.25, 0.3) is 5.92 Å². The van der Waals surface area contributed by atoms with E-state index in [-0.39, 0.29) is 12.1 Å². The number of aryl methyl sites for hydroxylation is 1. The lowest BCUT2D eigenvalue weighted by Crippen LogP contribution is -2.44. The van der Waals surface area contributed by atoms with Crippen molar-refractivity contribution in [1.29, 1.82) is 0 Å². The Kier molecular flexibility index (Phi) is 8.81. The summed E-state index contributed by atoms with van der Waals surface area (Å²) in [5.74, 6) is -1.46. The van der Waals surface area contributed by atoms with Gasteiger partial charge in [0.05, 0.1) is 7.11 Å². The van der Waals surface area contributed by atoms with E-state index in [0.29, 0.717) is 5.92 Å². The van der Waals surface area contributed by atoms with Gasteiger partial charge in [-0.3, -0.25) is 0 Å². The largest absolute Gasteiger partial charge is 0.496 e. The lowest BCUT2D eigenvalue weighted by atomic mass is 9.91. The van der Waals surface area contributed by atoms with Crippen molar-refractivity contribution >= 4 is 5.69 Å². The molecule has 2 heterocycles. The molecule has 0 spiro atoms. The second-order valence-corrected chi connectivity index (χ2v) is 10.9. The van der Waals surface area contributed by atoms with Gasteiger partial charge in [-0.15, -0.1) is 0 Å². The Bertz CT molecular complexity index is 1160. The number of fused-ring (bicyclic) bond motifs is 1. The van der Waals surface area contributed by atoms with Gasteiger partial charge >= 0.3 is 0 Å². The summed E-state index contributed by atoms with van der Waals surface area (Å²) in [4.78, 5) is 4.14. The molecule has 0 fully saturated rings. The molecule has 0 saturated carbocycles. The summed E-state index contributed by atoms with van der Waals surface area (Å²) in [6.07, 6.45) is 8.22. The zero-order valence-electron chi connectivity index (χ0n) is 23.7. The lowest BCUT2D eigenvalue weighted by molar-refractivity contribution is -0.0295. The van der Waals surface area contributed by atoms with Crippen molar-refractivity contribution in [1.82, 2.24) is 10.2 Å². The van der Waals surface area contributed by atoms with Crippen molar-refractivity contribution in [2.24, 2.45) is 0 Å². The predicted molar refractivity (Wildman–Crippen MR) is 153 cm³/mol. The summed E-state index contributed by atoms with van der Waals surface area (Å²) in [6, 6.07) is 14.7. The van der Waals surface area contributed by atoms with Crippen molar-refractivity contribution in [3.63, 3.8) is 0 Å². The molecule has 1 N–H and O–H groups in total. The van der Waals surface area contributed by atoms with Crippen LogP contribution in [0.2, 0.25) is 0 Å². The van der Waals surface area contributed by atoms with Crippen LogP contribution in [0.15, 0.2) is 66.4 Å². The number of alkyl halides is 2. The van der Waals surface area contributed by atoms with E-state index in [1.165, 1.54) is 22.4 Å². The van der Waals surface area contributed by atoms with Gasteiger partial charge in [0, 0.05) is 51.0 Å². The fourth-order valence-corrected chi connectivity index (χ4v) is 5.91. The predicted octanol–water partition coefficient (Wildman–Crippen LogP) is 7.09. The van der Waals surface area contributed by atoms with Crippen molar-refractivity contribution < 1.29 is 13.5 Å². The monoisotopic (exact) mass is 523 g/mol. The molecular weight excluding hydrogens is 480 g/mol. The minimum Gasteiger partial charge on any atom is -0.496 e. The normalized spacial score (nSPS) is 21.1. The van der Waals surface area contributed by atoms with E-state index in [4.69, 9.17) is 4.74 Å². The van der Waals surface area contributed by atoms with Crippen LogP contribution < -0.4 is 15.0 Å². The summed E-state index contributed by atoms with van der Waals surface area (Å²) in [7, 11) is 3.48. The molecule has 0 radical (unpaired) electrons. The van der Waals surface area contributed by atoms with Gasteiger partial charge in [-0.1, -0.05) is 63.3 Å². The molecule has 4 rings (SSSR count). The van der Waals surface area contributed by atoms with Crippen LogP contribution in [0.5, 0.6) is 5.75 Å². The molecule has 2 aromatic carbocycles. The molecule has 2 aliphatic rings. The molecule has 4 nitrogen and oxygen atoms in total. The highest BCUT2D eigenvalue weighted by atomic mass is 19.3. The lowest BCUT2D eigenvalue weighted by Gasteiger charge is -2.40. The van der Waals surface area contributed by atoms with Crippen LogP contribution in [0.25, 0.3) is 0 Å². The minimum atomic E-state index is -2.78. The van der Waals surface area contributed by atoms with E-state index in [1.807, 2.05) is 12.3 Å². The van der Waals surface area contributed by atoms with Gasteiger partial charge < -0.3 is 19.9 Å². The second kappa shape index (κ2) is 11.9. The van der Waals surface area contributed by atoms with E-state index in [9.17, 15) is 8.78 Å². The van der Waals surface area contributed by atoms with Crippen LogP contribution in [0.4, 0.5) is 14.5 Å². The van der Waals surface area contributed by atoms with E-state index < -0.39 is 12.0 Å². The number of nitrogens with one attached hydrogen (secondary N) is 1. The zero-order valence-corrected chi connectivity index (χ0v) is 23.7. The minimum absolute atomic E-state index is 0.0909. The number of likely N-dealkylation sites (N-methyl/N-ethyl adjacent to an activating group) is 1. The second-order valence-electron chi connectivity index (χ2n) is 10.9. The fraction of sp³-hybridized carbons (Fsp3) is 0.500. The summed E-state index contributed by atoms with van der Waals surface area (Å²) < 4.78 is 33.6. The quantitative estimate of drug-likeness (QED) is 0.360. The summed E-state index contributed by atoms with van der Waals surface area (Å²) in [6.45, 7) is 9.45. The van der Waals surface area contributed by atoms with E-state index in [0.717, 1.165) is 50.6 Å². The molecule has 2 aliphatic heterocycles. The summed E-state index contributed by atoms with van der Waals surface area (Å²) >= 11 is 0. The van der Waals surface area contributed by atoms with Crippen LogP contribution in [0.3, 0.4) is 0 Å². The van der Waals surface area contributed by atoms with Crippen LogP contribution in [-0.2, 0) is 6.42 Å². The number of benzene rings is 2. The number of hydrogen-bond donors (Lipinski definition) is 1. The number of rotatable bonds is 10. The molecule has 0 aromatic heterocycles. The number of methoxy groups -OCH3 is 1. The van der Waals surface area contributed by atoms with Crippen molar-refractivity contribution in [2.75, 3.05) is 32.1 Å². The molecule has 4 unspecified atom stereocenters. The first-order chi connectivity index (χ1) is 18.2. The summed E-state index contributed by atoms with van der Waals surface area (Å²) in [5.41, 5.74) is 6.15. The fourth-order valence-electron chi connectivity index (χ4n) is 5.91. The van der Waals surface area contributed by atoms with Gasteiger partial charge in [-0.2, -0.15) is 0 Å². The van der Waals surface area contributed by atoms with Gasteiger partial charge in [-0.05, 0) is 59.6 Å². The SMILES string of the molecule is CCc1ccc(C(C)CN2CCC(NC(CC)C3=CN(C)C(C(C)(F)F)C=C3)c3ccccc32)cc1OC. The maximum Gasteiger partial charge on any atom is 0.268 e. The maximum absolute atomic E-state index is 14.0. The Morgan fingerprint density at radius 3 is 2.58 bits per heavy atom. The van der Waals surface area contributed by atoms with Crippen LogP contribution in [0.1, 0.15) is 69.2 Å². The first-order valence-corrected chi connectivity index (χ1v) is 13.9. The van der Waals surface area contributed by atoms with Crippen LogP contribution >= 0.6 is 0 Å². The molecule has 2 aromatic rings. The first-order valence-electron chi connectivity index (χ1n) is 13.9. The Morgan fingerprint density at radius 2 is 1.92 bits per heavy atom. The molecule has 206 valence electrons. The first kappa shape index (κ1) is 28.2. The van der Waals surface area contributed by atoms with Crippen molar-refractivity contribution in [3.8, 4) is 5.75 Å². The standard InChI is InChI=1S/C32H43F2N3O/c1-7-23-13-14-24(19-30(23)38-6)22(3)20-37-18-17-28(26-11-9-10-12-29(26)37)35-27(8-2)25-15-16-31(32(4,33)34)36(5)21-25/h9-16,19,21-22,27-28,31,35H,7-8,17-18,20H2,1-6H3. The number of hydrogen-bond acceptors (Lipinski definition) is 4. The molecule has 4 atom stereocenters. The van der Waals surface area contributed by atoms with E-state index in [1.54, 1.807) is 25.1 Å². The topological polar surface area (TPSA) is 27.7 Å². The Balaban J connectivity index is 1.49. The highest BCUT2D eigenvalue weighted by Gasteiger charge is 2.36. The zero-order chi connectivity index (χ0) is 27.4. The number of para-hydroxylation sites is 1. The average molecular weight is 524 g/mol. The van der Waals surface area contributed by atoms with E-state index in [2.05, 4.69) is 73.5 Å². The number of halogens is 2. The number of ether oxygens (including phenoxy) is 1. The average Bonchev–Trinajstić information content (AvgIpc) is 2.91. The van der Waals surface area contributed by atoms with Crippen LogP contribution in [0, 0.1) is 0 Å². The Hall–Kier alpha value is -2.86. The van der Waals surface area contributed by atoms with Gasteiger partial charge in [-0.25, -0.2) is 8.78 Å². The molecule has 0 bridgehead atoms. The van der Waals surface area contributed by atoms with Gasteiger partial charge in [0.2, 0.25) is 0 Å². The van der Waals surface area contributed by atoms with Crippen molar-refractivity contribution in [3.05, 3.63) is 83.1 Å². The van der Waals surface area contributed by atoms with Crippen molar-refractivity contribution in [2.45, 2.75) is 76.9 Å². The number of anilines is 1. The third-order valence-electron chi connectivity index (χ3n) is 8.09. The molecule has 0 saturated heterocycles. The highest BCUT2D eigenvalue weighted by molar-refractivity contribution is 5.57. The Morgan fingerprint density at radius 1 is 1.16 bits per heavy atom. The smallest absolute Gasteiger partial charge is 0.268 e. The molecule has 38 heavy (non-hydrogen) atoms. The molecule has 6 heteroatoms. The third-order valence-corrected chi connectivity index (χ3v) is 8.09. The van der Waals surface area contributed by atoms with Gasteiger partial charge in [0.1, 0.15) is 11.8 Å².